The number of hydrogen-bond acceptors (Lipinski definition) is 2. The van der Waals surface area contributed by atoms with Gasteiger partial charge in [-0.1, -0.05) is 30.3 Å². The van der Waals surface area contributed by atoms with Crippen molar-refractivity contribution in [3.8, 4) is 11.3 Å². The van der Waals surface area contributed by atoms with Crippen LogP contribution in [-0.2, 0) is 17.6 Å². The van der Waals surface area contributed by atoms with Gasteiger partial charge in [0.05, 0.1) is 5.69 Å². The predicted octanol–water partition coefficient (Wildman–Crippen LogP) is 2.46. The number of carbonyl (C=O) groups excluding carboxylic acids is 1. The Bertz CT molecular complexity index is 658. The van der Waals surface area contributed by atoms with Crippen LogP contribution in [0.4, 0.5) is 0 Å². The molecule has 2 N–H and O–H groups in total. The lowest BCUT2D eigenvalue weighted by atomic mass is 9.85. The Labute approximate surface area is 124 Å². The SMILES string of the molecule is O=C(NC1CC1)C1CCc2[nH]nc(-c3ccccc3)c2C1. The number of nitrogens with one attached hydrogen (secondary N) is 2. The maximum absolute atomic E-state index is 12.3. The highest BCUT2D eigenvalue weighted by Gasteiger charge is 2.31. The highest BCUT2D eigenvalue weighted by Crippen LogP contribution is 2.32. The summed E-state index contributed by atoms with van der Waals surface area (Å²) in [6.07, 6.45) is 4.92. The highest BCUT2D eigenvalue weighted by molar-refractivity contribution is 5.80. The van der Waals surface area contributed by atoms with Crippen molar-refractivity contribution in [2.75, 3.05) is 0 Å². The number of amides is 1. The quantitative estimate of drug-likeness (QED) is 0.908. The number of aromatic amines is 1. The maximum Gasteiger partial charge on any atom is 0.223 e. The lowest BCUT2D eigenvalue weighted by Crippen LogP contribution is -2.35. The minimum absolute atomic E-state index is 0.0955. The molecule has 0 saturated heterocycles. The van der Waals surface area contributed by atoms with Crippen LogP contribution < -0.4 is 5.32 Å². The van der Waals surface area contributed by atoms with Gasteiger partial charge in [-0.2, -0.15) is 5.10 Å². The molecule has 0 bridgehead atoms. The van der Waals surface area contributed by atoms with Gasteiger partial charge >= 0.3 is 0 Å². The van der Waals surface area contributed by atoms with Crippen LogP contribution in [0, 0.1) is 5.92 Å². The summed E-state index contributed by atoms with van der Waals surface area (Å²) in [6.45, 7) is 0. The van der Waals surface area contributed by atoms with E-state index in [0.717, 1.165) is 43.4 Å². The largest absolute Gasteiger partial charge is 0.353 e. The van der Waals surface area contributed by atoms with Crippen molar-refractivity contribution in [3.63, 3.8) is 0 Å². The molecular weight excluding hydrogens is 262 g/mol. The van der Waals surface area contributed by atoms with Gasteiger partial charge in [-0.15, -0.1) is 0 Å². The van der Waals surface area contributed by atoms with Crippen LogP contribution in [0.25, 0.3) is 11.3 Å². The Morgan fingerprint density at radius 1 is 1.19 bits per heavy atom. The summed E-state index contributed by atoms with van der Waals surface area (Å²) in [7, 11) is 0. The van der Waals surface area contributed by atoms with Gasteiger partial charge in [0.1, 0.15) is 0 Å². The van der Waals surface area contributed by atoms with Crippen molar-refractivity contribution in [2.24, 2.45) is 5.92 Å². The van der Waals surface area contributed by atoms with E-state index in [0.29, 0.717) is 6.04 Å². The highest BCUT2D eigenvalue weighted by atomic mass is 16.2. The molecule has 0 aliphatic heterocycles. The van der Waals surface area contributed by atoms with Crippen LogP contribution in [0.3, 0.4) is 0 Å². The van der Waals surface area contributed by atoms with E-state index in [1.165, 1.54) is 11.3 Å². The molecule has 1 aromatic heterocycles. The van der Waals surface area contributed by atoms with Crippen molar-refractivity contribution in [3.05, 3.63) is 41.6 Å². The second kappa shape index (κ2) is 5.02. The fourth-order valence-electron chi connectivity index (χ4n) is 3.10. The number of rotatable bonds is 3. The molecule has 1 aromatic carbocycles. The average molecular weight is 281 g/mol. The van der Waals surface area contributed by atoms with Gasteiger partial charge < -0.3 is 5.32 Å². The molecule has 0 radical (unpaired) electrons. The van der Waals surface area contributed by atoms with E-state index in [1.807, 2.05) is 18.2 Å². The smallest absolute Gasteiger partial charge is 0.223 e. The zero-order chi connectivity index (χ0) is 14.2. The molecule has 2 aliphatic rings. The topological polar surface area (TPSA) is 57.8 Å². The molecule has 1 fully saturated rings. The van der Waals surface area contributed by atoms with Crippen LogP contribution in [0.15, 0.2) is 30.3 Å². The van der Waals surface area contributed by atoms with Gasteiger partial charge in [-0.3, -0.25) is 9.89 Å². The van der Waals surface area contributed by atoms with E-state index in [9.17, 15) is 4.79 Å². The number of aryl methyl sites for hydroxylation is 1. The molecule has 1 atom stereocenters. The molecule has 1 unspecified atom stereocenters. The monoisotopic (exact) mass is 281 g/mol. The first-order chi connectivity index (χ1) is 10.3. The zero-order valence-corrected chi connectivity index (χ0v) is 11.9. The lowest BCUT2D eigenvalue weighted by Gasteiger charge is -2.21. The number of nitrogens with zero attached hydrogens (tertiary/aromatic N) is 1. The molecule has 1 amide bonds. The third-order valence-corrected chi connectivity index (χ3v) is 4.49. The third kappa shape index (κ3) is 2.46. The molecule has 4 nitrogen and oxygen atoms in total. The lowest BCUT2D eigenvalue weighted by molar-refractivity contribution is -0.125. The minimum atomic E-state index is 0.0955. The molecule has 4 rings (SSSR count). The summed E-state index contributed by atoms with van der Waals surface area (Å²) in [5.41, 5.74) is 4.56. The summed E-state index contributed by atoms with van der Waals surface area (Å²) in [6, 6.07) is 10.6. The van der Waals surface area contributed by atoms with E-state index in [-0.39, 0.29) is 11.8 Å². The van der Waals surface area contributed by atoms with Gasteiger partial charge in [0, 0.05) is 28.8 Å². The molecule has 2 aromatic rings. The molecular formula is C17H19N3O. The number of benzene rings is 1. The number of hydrogen-bond donors (Lipinski definition) is 2. The number of fused-ring (bicyclic) bond motifs is 1. The Kier molecular flexibility index (Phi) is 3.02. The third-order valence-electron chi connectivity index (χ3n) is 4.49. The Morgan fingerprint density at radius 3 is 2.76 bits per heavy atom. The molecule has 1 heterocycles. The second-order valence-corrected chi connectivity index (χ2v) is 6.12. The zero-order valence-electron chi connectivity index (χ0n) is 11.9. The maximum atomic E-state index is 12.3. The predicted molar refractivity (Wildman–Crippen MR) is 80.7 cm³/mol. The van der Waals surface area contributed by atoms with Gasteiger partial charge in [0.25, 0.3) is 0 Å². The Morgan fingerprint density at radius 2 is 2.00 bits per heavy atom. The second-order valence-electron chi connectivity index (χ2n) is 6.12. The van der Waals surface area contributed by atoms with Gasteiger partial charge in [-0.25, -0.2) is 0 Å². The van der Waals surface area contributed by atoms with Crippen molar-refractivity contribution in [1.82, 2.24) is 15.5 Å². The van der Waals surface area contributed by atoms with Crippen molar-refractivity contribution in [2.45, 2.75) is 38.1 Å². The molecule has 2 aliphatic carbocycles. The Hall–Kier alpha value is -2.10. The van der Waals surface area contributed by atoms with E-state index in [4.69, 9.17) is 0 Å². The number of H-pyrrole nitrogens is 1. The molecule has 4 heteroatoms. The fourth-order valence-corrected chi connectivity index (χ4v) is 3.10. The first-order valence-electron chi connectivity index (χ1n) is 7.73. The molecule has 108 valence electrons. The summed E-state index contributed by atoms with van der Waals surface area (Å²) < 4.78 is 0. The van der Waals surface area contributed by atoms with E-state index >= 15 is 0 Å². The van der Waals surface area contributed by atoms with E-state index in [1.54, 1.807) is 0 Å². The summed E-state index contributed by atoms with van der Waals surface area (Å²) in [5.74, 6) is 0.321. The van der Waals surface area contributed by atoms with Crippen LogP contribution in [0.2, 0.25) is 0 Å². The first kappa shape index (κ1) is 12.6. The average Bonchev–Trinajstić information content (AvgIpc) is 3.24. The van der Waals surface area contributed by atoms with Crippen LogP contribution in [-0.4, -0.2) is 22.1 Å². The van der Waals surface area contributed by atoms with Crippen molar-refractivity contribution >= 4 is 5.91 Å². The molecule has 1 saturated carbocycles. The summed E-state index contributed by atoms with van der Waals surface area (Å²) in [4.78, 5) is 12.3. The van der Waals surface area contributed by atoms with Crippen LogP contribution in [0.5, 0.6) is 0 Å². The normalized spacial score (nSPS) is 20.9. The van der Waals surface area contributed by atoms with Crippen molar-refractivity contribution < 1.29 is 4.79 Å². The summed E-state index contributed by atoms with van der Waals surface area (Å²) in [5, 5.41) is 10.8. The standard InChI is InChI=1S/C17H19N3O/c21-17(18-13-7-8-13)12-6-9-15-14(10-12)16(20-19-15)11-4-2-1-3-5-11/h1-5,12-13H,6-10H2,(H,18,21)(H,19,20). The van der Waals surface area contributed by atoms with Crippen molar-refractivity contribution in [1.29, 1.82) is 0 Å². The van der Waals surface area contributed by atoms with Crippen LogP contribution >= 0.6 is 0 Å². The number of carbonyl (C=O) groups is 1. The molecule has 0 spiro atoms. The van der Waals surface area contributed by atoms with Gasteiger partial charge in [0.2, 0.25) is 5.91 Å². The molecule has 21 heavy (non-hydrogen) atoms. The Balaban J connectivity index is 1.59. The van der Waals surface area contributed by atoms with E-state index < -0.39 is 0 Å². The van der Waals surface area contributed by atoms with Crippen LogP contribution in [0.1, 0.15) is 30.5 Å². The number of aromatic nitrogens is 2. The first-order valence-corrected chi connectivity index (χ1v) is 7.73. The summed E-state index contributed by atoms with van der Waals surface area (Å²) >= 11 is 0. The van der Waals surface area contributed by atoms with E-state index in [2.05, 4.69) is 27.6 Å². The minimum Gasteiger partial charge on any atom is -0.353 e. The fraction of sp³-hybridized carbons (Fsp3) is 0.412. The van der Waals surface area contributed by atoms with Gasteiger partial charge in [-0.05, 0) is 32.1 Å². The van der Waals surface area contributed by atoms with Gasteiger partial charge in [0.15, 0.2) is 0 Å².